The smallest absolute Gasteiger partial charge is 0.416 e. The number of fused-ring (bicyclic) bond motifs is 1. The van der Waals surface area contributed by atoms with Gasteiger partial charge in [-0.1, -0.05) is 0 Å². The standard InChI is InChI=1S/C15H7F3N2O2S/c16-15(17,18)8-3-4-10-12(6-8)23-14(20-10)9(7-19)13(21)11-2-1-5-22-11/h1-6,9H/t9-/m1/s1. The molecule has 0 aliphatic carbocycles. The van der Waals surface area contributed by atoms with Crippen molar-refractivity contribution in [2.24, 2.45) is 0 Å². The zero-order chi connectivity index (χ0) is 16.6. The predicted molar refractivity (Wildman–Crippen MR) is 76.0 cm³/mol. The van der Waals surface area contributed by atoms with E-state index in [1.54, 1.807) is 0 Å². The van der Waals surface area contributed by atoms with Crippen LogP contribution < -0.4 is 0 Å². The van der Waals surface area contributed by atoms with Crippen LogP contribution in [0.5, 0.6) is 0 Å². The molecule has 2 heterocycles. The fourth-order valence-corrected chi connectivity index (χ4v) is 3.08. The number of Topliss-reactive ketones (excluding diaryl/α,β-unsaturated/α-hetero) is 1. The Bertz CT molecular complexity index is 907. The number of carbonyl (C=O) groups is 1. The van der Waals surface area contributed by atoms with Crippen LogP contribution in [0.4, 0.5) is 13.2 Å². The van der Waals surface area contributed by atoms with Crippen molar-refractivity contribution in [3.8, 4) is 6.07 Å². The van der Waals surface area contributed by atoms with Crippen LogP contribution in [0.25, 0.3) is 10.2 Å². The third-order valence-corrected chi connectivity index (χ3v) is 4.22. The van der Waals surface area contributed by atoms with E-state index < -0.39 is 23.4 Å². The van der Waals surface area contributed by atoms with E-state index in [0.29, 0.717) is 5.52 Å². The maximum Gasteiger partial charge on any atom is 0.416 e. The Morgan fingerprint density at radius 2 is 2.13 bits per heavy atom. The Kier molecular flexibility index (Phi) is 3.66. The van der Waals surface area contributed by atoms with Crippen molar-refractivity contribution < 1.29 is 22.4 Å². The highest BCUT2D eigenvalue weighted by Gasteiger charge is 2.32. The average Bonchev–Trinajstić information content (AvgIpc) is 3.15. The number of aromatic nitrogens is 1. The molecule has 0 amide bonds. The lowest BCUT2D eigenvalue weighted by Crippen LogP contribution is -2.10. The largest absolute Gasteiger partial charge is 0.461 e. The second-order valence-electron chi connectivity index (χ2n) is 4.64. The SMILES string of the molecule is N#C[C@H](C(=O)c1ccco1)c1nc2ccc(C(F)(F)F)cc2s1. The maximum absolute atomic E-state index is 12.7. The highest BCUT2D eigenvalue weighted by atomic mass is 32.1. The van der Waals surface area contributed by atoms with E-state index >= 15 is 0 Å². The van der Waals surface area contributed by atoms with E-state index in [0.717, 1.165) is 23.5 Å². The molecule has 0 bridgehead atoms. The van der Waals surface area contributed by atoms with E-state index in [1.807, 2.05) is 6.07 Å². The molecule has 1 atom stereocenters. The predicted octanol–water partition coefficient (Wildman–Crippen LogP) is 4.40. The number of nitrogens with zero attached hydrogens (tertiary/aromatic N) is 2. The van der Waals surface area contributed by atoms with Crippen molar-refractivity contribution in [3.05, 3.63) is 52.9 Å². The third kappa shape index (κ3) is 2.83. The molecule has 0 fully saturated rings. The van der Waals surface area contributed by atoms with Gasteiger partial charge in [-0.2, -0.15) is 18.4 Å². The molecule has 0 saturated heterocycles. The van der Waals surface area contributed by atoms with E-state index in [4.69, 9.17) is 4.42 Å². The first-order valence-electron chi connectivity index (χ1n) is 6.35. The molecule has 0 N–H and O–H groups in total. The van der Waals surface area contributed by atoms with Gasteiger partial charge in [0.2, 0.25) is 5.78 Å². The molecule has 1 aromatic carbocycles. The van der Waals surface area contributed by atoms with Crippen molar-refractivity contribution in [2.75, 3.05) is 0 Å². The summed E-state index contributed by atoms with van der Waals surface area (Å²) < 4.78 is 43.4. The molecule has 0 aliphatic rings. The van der Waals surface area contributed by atoms with Gasteiger partial charge in [0.05, 0.1) is 28.1 Å². The zero-order valence-corrected chi connectivity index (χ0v) is 12.1. The molecule has 4 nitrogen and oxygen atoms in total. The molecule has 0 radical (unpaired) electrons. The summed E-state index contributed by atoms with van der Waals surface area (Å²) >= 11 is 0.890. The summed E-state index contributed by atoms with van der Waals surface area (Å²) in [6, 6.07) is 7.86. The second-order valence-corrected chi connectivity index (χ2v) is 5.70. The number of benzene rings is 1. The summed E-state index contributed by atoms with van der Waals surface area (Å²) in [5.74, 6) is -1.78. The van der Waals surface area contributed by atoms with Crippen LogP contribution in [0.15, 0.2) is 41.0 Å². The van der Waals surface area contributed by atoms with Crippen LogP contribution in [0.2, 0.25) is 0 Å². The highest BCUT2D eigenvalue weighted by molar-refractivity contribution is 7.18. The molecule has 3 aromatic rings. The fraction of sp³-hybridized carbons (Fsp3) is 0.133. The molecule has 8 heteroatoms. The van der Waals surface area contributed by atoms with E-state index in [-0.39, 0.29) is 15.5 Å². The Labute approximate surface area is 131 Å². The quantitative estimate of drug-likeness (QED) is 0.665. The molecule has 0 saturated carbocycles. The lowest BCUT2D eigenvalue weighted by molar-refractivity contribution is -0.137. The van der Waals surface area contributed by atoms with Crippen LogP contribution in [0.3, 0.4) is 0 Å². The lowest BCUT2D eigenvalue weighted by Gasteiger charge is -2.04. The molecule has 23 heavy (non-hydrogen) atoms. The summed E-state index contributed by atoms with van der Waals surface area (Å²) in [6.07, 6.45) is -3.16. The highest BCUT2D eigenvalue weighted by Crippen LogP contribution is 2.35. The van der Waals surface area contributed by atoms with Crippen LogP contribution in [0, 0.1) is 11.3 Å². The average molecular weight is 336 g/mol. The van der Waals surface area contributed by atoms with Gasteiger partial charge in [0, 0.05) is 0 Å². The first-order valence-corrected chi connectivity index (χ1v) is 7.17. The van der Waals surface area contributed by atoms with Crippen molar-refractivity contribution in [3.63, 3.8) is 0 Å². The Hall–Kier alpha value is -2.66. The summed E-state index contributed by atoms with van der Waals surface area (Å²) in [5, 5.41) is 9.37. The number of furan rings is 1. The normalized spacial score (nSPS) is 13.0. The number of alkyl halides is 3. The van der Waals surface area contributed by atoms with Crippen molar-refractivity contribution >= 4 is 27.3 Å². The molecule has 116 valence electrons. The number of hydrogen-bond acceptors (Lipinski definition) is 5. The van der Waals surface area contributed by atoms with Crippen molar-refractivity contribution in [2.45, 2.75) is 12.1 Å². The van der Waals surface area contributed by atoms with Gasteiger partial charge in [0.25, 0.3) is 0 Å². The third-order valence-electron chi connectivity index (χ3n) is 3.13. The number of carbonyl (C=O) groups excluding carboxylic acids is 1. The summed E-state index contributed by atoms with van der Waals surface area (Å²) in [7, 11) is 0. The second kappa shape index (κ2) is 5.52. The lowest BCUT2D eigenvalue weighted by atomic mass is 10.1. The van der Waals surface area contributed by atoms with Crippen LogP contribution in [-0.2, 0) is 6.18 Å². The minimum atomic E-state index is -4.46. The number of rotatable bonds is 3. The maximum atomic E-state index is 12.7. The van der Waals surface area contributed by atoms with Crippen molar-refractivity contribution in [1.29, 1.82) is 5.26 Å². The van der Waals surface area contributed by atoms with Gasteiger partial charge in [-0.15, -0.1) is 11.3 Å². The monoisotopic (exact) mass is 336 g/mol. The van der Waals surface area contributed by atoms with Crippen LogP contribution in [-0.4, -0.2) is 10.8 Å². The van der Waals surface area contributed by atoms with E-state index in [2.05, 4.69) is 4.98 Å². The van der Waals surface area contributed by atoms with Gasteiger partial charge in [-0.05, 0) is 30.3 Å². The molecule has 0 unspecified atom stereocenters. The number of nitriles is 1. The minimum absolute atomic E-state index is 0.00628. The number of thiazole rings is 1. The number of ketones is 1. The topological polar surface area (TPSA) is 66.9 Å². The molecule has 0 aliphatic heterocycles. The van der Waals surface area contributed by atoms with Gasteiger partial charge in [0.1, 0.15) is 5.01 Å². The zero-order valence-electron chi connectivity index (χ0n) is 11.3. The van der Waals surface area contributed by atoms with E-state index in [9.17, 15) is 23.2 Å². The molecule has 2 aromatic heterocycles. The first kappa shape index (κ1) is 15.2. The summed E-state index contributed by atoms with van der Waals surface area (Å²) in [4.78, 5) is 16.3. The fourth-order valence-electron chi connectivity index (χ4n) is 2.03. The van der Waals surface area contributed by atoms with E-state index in [1.165, 1.54) is 24.5 Å². The van der Waals surface area contributed by atoms with Gasteiger partial charge < -0.3 is 4.42 Å². The Balaban J connectivity index is 2.02. The van der Waals surface area contributed by atoms with Gasteiger partial charge in [0.15, 0.2) is 11.7 Å². The number of hydrogen-bond donors (Lipinski definition) is 0. The number of halogens is 3. The first-order chi connectivity index (χ1) is 10.9. The molecular weight excluding hydrogens is 329 g/mol. The van der Waals surface area contributed by atoms with Crippen LogP contribution >= 0.6 is 11.3 Å². The molecule has 3 rings (SSSR count). The Morgan fingerprint density at radius 3 is 2.74 bits per heavy atom. The van der Waals surface area contributed by atoms with Gasteiger partial charge in [-0.3, -0.25) is 4.79 Å². The van der Waals surface area contributed by atoms with Crippen molar-refractivity contribution in [1.82, 2.24) is 4.98 Å². The molecular formula is C15H7F3N2O2S. The Morgan fingerprint density at radius 1 is 1.35 bits per heavy atom. The summed E-state index contributed by atoms with van der Waals surface area (Å²) in [6.45, 7) is 0. The summed E-state index contributed by atoms with van der Waals surface area (Å²) in [5.41, 5.74) is -0.489. The van der Waals surface area contributed by atoms with Gasteiger partial charge >= 0.3 is 6.18 Å². The van der Waals surface area contributed by atoms with Crippen LogP contribution in [0.1, 0.15) is 27.0 Å². The minimum Gasteiger partial charge on any atom is -0.461 e. The van der Waals surface area contributed by atoms with Gasteiger partial charge in [-0.25, -0.2) is 4.98 Å². The molecule has 0 spiro atoms.